The van der Waals surface area contributed by atoms with E-state index in [-0.39, 0.29) is 18.3 Å². The highest BCUT2D eigenvalue weighted by Crippen LogP contribution is 2.22. The summed E-state index contributed by atoms with van der Waals surface area (Å²) in [5.41, 5.74) is 6.89. The number of nitrogens with two attached hydrogens (primary N) is 1. The predicted molar refractivity (Wildman–Crippen MR) is 72.5 cm³/mol. The van der Waals surface area contributed by atoms with E-state index in [1.54, 1.807) is 11.8 Å². The second kappa shape index (κ2) is 6.26. The van der Waals surface area contributed by atoms with Crippen molar-refractivity contribution >= 4 is 11.7 Å². The molecule has 1 aromatic heterocycles. The molecule has 6 nitrogen and oxygen atoms in total. The Morgan fingerprint density at radius 1 is 1.37 bits per heavy atom. The largest absolute Gasteiger partial charge is 0.466 e. The molecule has 0 aliphatic carbocycles. The Hall–Kier alpha value is -1.98. The Morgan fingerprint density at radius 3 is 2.42 bits per heavy atom. The number of carbonyl (C=O) groups excluding carboxylic acids is 1. The van der Waals surface area contributed by atoms with Crippen LogP contribution in [-0.4, -0.2) is 34.9 Å². The summed E-state index contributed by atoms with van der Waals surface area (Å²) >= 11 is 0. The van der Waals surface area contributed by atoms with Crippen molar-refractivity contribution in [2.24, 2.45) is 10.9 Å². The van der Waals surface area contributed by atoms with Crippen LogP contribution in [0.1, 0.15) is 40.8 Å². The molecule has 0 saturated carbocycles. The maximum atomic E-state index is 12.5. The maximum Gasteiger partial charge on any atom is 0.258 e. The minimum atomic E-state index is -0.152. The Labute approximate surface area is 112 Å². The lowest BCUT2D eigenvalue weighted by Gasteiger charge is -2.21. The van der Waals surface area contributed by atoms with Crippen LogP contribution >= 0.6 is 0 Å². The number of furan rings is 1. The maximum absolute atomic E-state index is 12.5. The molecule has 1 amide bonds. The summed E-state index contributed by atoms with van der Waals surface area (Å²) in [6.45, 7) is 8.05. The molecular formula is C13H21N3O3. The number of carbonyl (C=O) groups is 1. The molecule has 3 N–H and O–H groups in total. The Kier molecular flexibility index (Phi) is 4.97. The average molecular weight is 267 g/mol. The average Bonchev–Trinajstić information content (AvgIpc) is 2.62. The van der Waals surface area contributed by atoms with E-state index in [1.807, 2.05) is 20.8 Å². The van der Waals surface area contributed by atoms with E-state index in [0.29, 0.717) is 17.9 Å². The molecule has 0 atom stereocenters. The van der Waals surface area contributed by atoms with E-state index in [4.69, 9.17) is 15.4 Å². The second-order valence-corrected chi connectivity index (χ2v) is 4.53. The van der Waals surface area contributed by atoms with Gasteiger partial charge in [0, 0.05) is 12.1 Å². The van der Waals surface area contributed by atoms with Gasteiger partial charge in [-0.3, -0.25) is 4.79 Å². The highest BCUT2D eigenvalue weighted by molar-refractivity contribution is 5.99. The number of rotatable bonds is 5. The van der Waals surface area contributed by atoms with Crippen LogP contribution < -0.4 is 5.73 Å². The summed E-state index contributed by atoms with van der Waals surface area (Å²) in [7, 11) is 0. The number of hydrogen-bond donors (Lipinski definition) is 2. The summed E-state index contributed by atoms with van der Waals surface area (Å²) < 4.78 is 5.47. The first-order chi connectivity index (χ1) is 8.92. The molecule has 6 heteroatoms. The van der Waals surface area contributed by atoms with E-state index < -0.39 is 0 Å². The van der Waals surface area contributed by atoms with Gasteiger partial charge in [0.15, 0.2) is 5.84 Å². The first-order valence-corrected chi connectivity index (χ1v) is 6.24. The number of nitrogens with zero attached hydrogens (tertiary/aromatic N) is 2. The number of oxime groups is 1. The van der Waals surface area contributed by atoms with Crippen molar-refractivity contribution in [3.8, 4) is 0 Å². The number of hydrogen-bond acceptors (Lipinski definition) is 4. The summed E-state index contributed by atoms with van der Waals surface area (Å²) in [4.78, 5) is 14.1. The van der Waals surface area contributed by atoms with Crippen molar-refractivity contribution in [3.63, 3.8) is 0 Å². The molecule has 0 bridgehead atoms. The van der Waals surface area contributed by atoms with Gasteiger partial charge in [-0.15, -0.1) is 0 Å². The first-order valence-electron chi connectivity index (χ1n) is 6.24. The van der Waals surface area contributed by atoms with Crippen LogP contribution in [-0.2, 0) is 0 Å². The summed E-state index contributed by atoms with van der Waals surface area (Å²) in [6, 6.07) is 0. The Bertz CT molecular complexity index is 492. The zero-order valence-corrected chi connectivity index (χ0v) is 11.9. The van der Waals surface area contributed by atoms with Gasteiger partial charge < -0.3 is 20.3 Å². The van der Waals surface area contributed by atoms with Crippen LogP contribution in [0.3, 0.4) is 0 Å². The Balaban J connectivity index is 3.05. The minimum Gasteiger partial charge on any atom is -0.466 e. The molecule has 19 heavy (non-hydrogen) atoms. The fourth-order valence-corrected chi connectivity index (χ4v) is 2.02. The lowest BCUT2D eigenvalue weighted by Crippen LogP contribution is -2.39. The molecule has 0 radical (unpaired) electrons. The van der Waals surface area contributed by atoms with E-state index in [0.717, 1.165) is 17.7 Å². The standard InChI is InChI=1S/C13H21N3O3/c1-5-6-16(7-11(14)15-18)13(17)12-8(2)9(3)19-10(12)4/h18H,5-7H2,1-4H3,(H2,14,15). The fourth-order valence-electron chi connectivity index (χ4n) is 2.02. The molecule has 0 fully saturated rings. The van der Waals surface area contributed by atoms with Gasteiger partial charge in [0.25, 0.3) is 5.91 Å². The minimum absolute atomic E-state index is 0.0114. The third kappa shape index (κ3) is 3.27. The molecule has 106 valence electrons. The van der Waals surface area contributed by atoms with Gasteiger partial charge in [0.2, 0.25) is 0 Å². The molecule has 0 unspecified atom stereocenters. The molecule has 1 aromatic rings. The van der Waals surface area contributed by atoms with E-state index in [2.05, 4.69) is 5.16 Å². The van der Waals surface area contributed by atoms with Gasteiger partial charge >= 0.3 is 0 Å². The molecule has 0 aliphatic rings. The van der Waals surface area contributed by atoms with Crippen LogP contribution in [0.4, 0.5) is 0 Å². The van der Waals surface area contributed by atoms with Crippen molar-refractivity contribution in [1.82, 2.24) is 4.90 Å². The number of amides is 1. The highest BCUT2D eigenvalue weighted by atomic mass is 16.4. The fraction of sp³-hybridized carbons (Fsp3) is 0.538. The quantitative estimate of drug-likeness (QED) is 0.368. The zero-order valence-electron chi connectivity index (χ0n) is 11.9. The Morgan fingerprint density at radius 2 is 2.00 bits per heavy atom. The zero-order chi connectivity index (χ0) is 14.6. The molecule has 0 saturated heterocycles. The molecule has 0 aromatic carbocycles. The van der Waals surface area contributed by atoms with E-state index >= 15 is 0 Å². The SMILES string of the molecule is CCCN(CC(N)=NO)C(=O)c1c(C)oc(C)c1C. The third-order valence-electron chi connectivity index (χ3n) is 3.04. The smallest absolute Gasteiger partial charge is 0.258 e. The van der Waals surface area contributed by atoms with Crippen LogP contribution in [0.2, 0.25) is 0 Å². The van der Waals surface area contributed by atoms with Gasteiger partial charge in [-0.2, -0.15) is 0 Å². The van der Waals surface area contributed by atoms with Crippen molar-refractivity contribution in [3.05, 3.63) is 22.6 Å². The second-order valence-electron chi connectivity index (χ2n) is 4.53. The van der Waals surface area contributed by atoms with E-state index in [9.17, 15) is 4.79 Å². The summed E-state index contributed by atoms with van der Waals surface area (Å²) in [5.74, 6) is 1.19. The molecule has 1 rings (SSSR count). The topological polar surface area (TPSA) is 92.1 Å². The highest BCUT2D eigenvalue weighted by Gasteiger charge is 2.24. The van der Waals surface area contributed by atoms with Gasteiger partial charge in [0.05, 0.1) is 12.1 Å². The first kappa shape index (κ1) is 15.1. The third-order valence-corrected chi connectivity index (χ3v) is 3.04. The van der Waals surface area contributed by atoms with Gasteiger partial charge in [0.1, 0.15) is 11.5 Å². The lowest BCUT2D eigenvalue weighted by atomic mass is 10.1. The van der Waals surface area contributed by atoms with Crippen molar-refractivity contribution in [2.45, 2.75) is 34.1 Å². The molecule has 0 spiro atoms. The van der Waals surface area contributed by atoms with Crippen molar-refractivity contribution < 1.29 is 14.4 Å². The van der Waals surface area contributed by atoms with Gasteiger partial charge in [-0.25, -0.2) is 0 Å². The van der Waals surface area contributed by atoms with Crippen molar-refractivity contribution in [2.75, 3.05) is 13.1 Å². The van der Waals surface area contributed by atoms with E-state index in [1.165, 1.54) is 0 Å². The normalized spacial score (nSPS) is 11.7. The van der Waals surface area contributed by atoms with Crippen LogP contribution in [0, 0.1) is 20.8 Å². The van der Waals surface area contributed by atoms with Gasteiger partial charge in [-0.1, -0.05) is 12.1 Å². The molecule has 1 heterocycles. The monoisotopic (exact) mass is 267 g/mol. The van der Waals surface area contributed by atoms with Gasteiger partial charge in [-0.05, 0) is 27.2 Å². The van der Waals surface area contributed by atoms with Crippen LogP contribution in [0.15, 0.2) is 9.57 Å². The summed E-state index contributed by atoms with van der Waals surface area (Å²) in [6.07, 6.45) is 0.791. The lowest BCUT2D eigenvalue weighted by molar-refractivity contribution is 0.0776. The van der Waals surface area contributed by atoms with Crippen LogP contribution in [0.5, 0.6) is 0 Å². The molecular weight excluding hydrogens is 246 g/mol. The summed E-state index contributed by atoms with van der Waals surface area (Å²) in [5, 5.41) is 11.5. The predicted octanol–water partition coefficient (Wildman–Crippen LogP) is 1.80. The number of amidine groups is 1. The molecule has 0 aliphatic heterocycles. The van der Waals surface area contributed by atoms with Crippen molar-refractivity contribution in [1.29, 1.82) is 0 Å². The number of aryl methyl sites for hydroxylation is 2. The van der Waals surface area contributed by atoms with Crippen LogP contribution in [0.25, 0.3) is 0 Å².